The molecule has 0 heterocycles. The molecule has 1 aromatic carbocycles. The van der Waals surface area contributed by atoms with Gasteiger partial charge in [-0.05, 0) is 18.2 Å². The number of benzene rings is 1. The van der Waals surface area contributed by atoms with E-state index in [0.29, 0.717) is 4.90 Å². The first-order chi connectivity index (χ1) is 6.56. The van der Waals surface area contributed by atoms with Crippen molar-refractivity contribution >= 4 is 25.8 Å². The van der Waals surface area contributed by atoms with E-state index in [1.54, 1.807) is 24.3 Å². The molecule has 0 amide bonds. The molecule has 78 valence electrons. The van der Waals surface area contributed by atoms with E-state index in [0.717, 1.165) is 4.47 Å². The first kappa shape index (κ1) is 11.7. The summed E-state index contributed by atoms with van der Waals surface area (Å²) in [6, 6.07) is 6.65. The van der Waals surface area contributed by atoms with Crippen LogP contribution in [0.5, 0.6) is 0 Å². The molecule has 1 rings (SSSR count). The van der Waals surface area contributed by atoms with E-state index < -0.39 is 9.84 Å². The van der Waals surface area contributed by atoms with Crippen molar-refractivity contribution in [3.8, 4) is 0 Å². The van der Waals surface area contributed by atoms with Crippen molar-refractivity contribution < 1.29 is 13.2 Å². The summed E-state index contributed by atoms with van der Waals surface area (Å²) in [7, 11) is -1.72. The highest BCUT2D eigenvalue weighted by Gasteiger charge is 2.13. The van der Waals surface area contributed by atoms with Crippen LogP contribution in [-0.2, 0) is 14.6 Å². The molecule has 0 spiro atoms. The first-order valence-electron chi connectivity index (χ1n) is 4.03. The van der Waals surface area contributed by atoms with Crippen LogP contribution in [0.4, 0.5) is 0 Å². The molecular weight excluding hydrogens is 268 g/mol. The van der Waals surface area contributed by atoms with Gasteiger partial charge in [0.2, 0.25) is 0 Å². The van der Waals surface area contributed by atoms with Crippen LogP contribution in [-0.4, -0.2) is 27.9 Å². The molecule has 0 saturated carbocycles. The third kappa shape index (κ3) is 3.08. The zero-order valence-electron chi connectivity index (χ0n) is 7.73. The molecule has 0 unspecified atom stereocenters. The summed E-state index contributed by atoms with van der Waals surface area (Å²) in [5, 5.41) is 0. The van der Waals surface area contributed by atoms with E-state index in [2.05, 4.69) is 15.9 Å². The molecule has 0 aliphatic rings. The maximum Gasteiger partial charge on any atom is 0.180 e. The molecule has 0 atom stereocenters. The third-order valence-electron chi connectivity index (χ3n) is 1.71. The average molecular weight is 279 g/mol. The van der Waals surface area contributed by atoms with Gasteiger partial charge in [0.25, 0.3) is 0 Å². The van der Waals surface area contributed by atoms with E-state index in [9.17, 15) is 8.42 Å². The summed E-state index contributed by atoms with van der Waals surface area (Å²) < 4.78 is 28.8. The highest BCUT2D eigenvalue weighted by molar-refractivity contribution is 9.10. The third-order valence-corrected chi connectivity index (χ3v) is 3.88. The number of ether oxygens (including phenoxy) is 1. The molecular formula is C9H11BrO3S. The Labute approximate surface area is 92.1 Å². The molecule has 0 fully saturated rings. The predicted octanol–water partition coefficient (Wildman–Crippen LogP) is 1.87. The Bertz CT molecular complexity index is 400. The molecule has 0 aliphatic heterocycles. The van der Waals surface area contributed by atoms with Crippen LogP contribution in [0.25, 0.3) is 0 Å². The van der Waals surface area contributed by atoms with E-state index in [1.807, 2.05) is 0 Å². The Morgan fingerprint density at radius 2 is 2.14 bits per heavy atom. The Balaban J connectivity index is 2.93. The van der Waals surface area contributed by atoms with Gasteiger partial charge in [0.05, 0.1) is 17.3 Å². The fourth-order valence-electron chi connectivity index (χ4n) is 0.971. The van der Waals surface area contributed by atoms with Crippen molar-refractivity contribution in [1.29, 1.82) is 0 Å². The summed E-state index contributed by atoms with van der Waals surface area (Å²) in [6.07, 6.45) is 0. The van der Waals surface area contributed by atoms with Gasteiger partial charge in [-0.3, -0.25) is 0 Å². The number of rotatable bonds is 4. The van der Waals surface area contributed by atoms with Crippen LogP contribution >= 0.6 is 15.9 Å². The van der Waals surface area contributed by atoms with Crippen LogP contribution in [0.15, 0.2) is 33.6 Å². The second-order valence-electron chi connectivity index (χ2n) is 2.77. The van der Waals surface area contributed by atoms with E-state index in [-0.39, 0.29) is 12.4 Å². The standard InChI is InChI=1S/C9H11BrO3S/c1-13-5-6-14(11,12)9-4-2-3-8(10)7-9/h2-4,7H,5-6H2,1H3. The number of hydrogen-bond donors (Lipinski definition) is 0. The Morgan fingerprint density at radius 1 is 1.43 bits per heavy atom. The van der Waals surface area contributed by atoms with Crippen molar-refractivity contribution in [2.45, 2.75) is 4.90 Å². The van der Waals surface area contributed by atoms with Crippen LogP contribution in [0.1, 0.15) is 0 Å². The Morgan fingerprint density at radius 3 is 2.71 bits per heavy atom. The van der Waals surface area contributed by atoms with Crippen molar-refractivity contribution in [3.05, 3.63) is 28.7 Å². The number of hydrogen-bond acceptors (Lipinski definition) is 3. The summed E-state index contributed by atoms with van der Waals surface area (Å²) in [5.74, 6) is 0.0138. The normalized spacial score (nSPS) is 11.6. The zero-order valence-corrected chi connectivity index (χ0v) is 10.1. The van der Waals surface area contributed by atoms with E-state index in [4.69, 9.17) is 4.74 Å². The molecule has 5 heteroatoms. The maximum atomic E-state index is 11.6. The topological polar surface area (TPSA) is 43.4 Å². The quantitative estimate of drug-likeness (QED) is 0.845. The molecule has 0 N–H and O–H groups in total. The lowest BCUT2D eigenvalue weighted by Gasteiger charge is -2.03. The molecule has 14 heavy (non-hydrogen) atoms. The van der Waals surface area contributed by atoms with E-state index in [1.165, 1.54) is 7.11 Å². The van der Waals surface area contributed by atoms with Gasteiger partial charge >= 0.3 is 0 Å². The molecule has 0 aromatic heterocycles. The summed E-state index contributed by atoms with van der Waals surface area (Å²) in [4.78, 5) is 0.323. The van der Waals surface area contributed by atoms with Crippen LogP contribution in [0.3, 0.4) is 0 Å². The molecule has 0 bridgehead atoms. The van der Waals surface area contributed by atoms with Gasteiger partial charge in [-0.25, -0.2) is 8.42 Å². The second-order valence-corrected chi connectivity index (χ2v) is 5.79. The van der Waals surface area contributed by atoms with Crippen LogP contribution < -0.4 is 0 Å². The molecule has 3 nitrogen and oxygen atoms in total. The van der Waals surface area contributed by atoms with Gasteiger partial charge in [0.1, 0.15) is 0 Å². The second kappa shape index (κ2) is 4.91. The number of halogens is 1. The first-order valence-corrected chi connectivity index (χ1v) is 6.48. The van der Waals surface area contributed by atoms with Gasteiger partial charge in [0, 0.05) is 11.6 Å². The van der Waals surface area contributed by atoms with Crippen molar-refractivity contribution in [2.24, 2.45) is 0 Å². The van der Waals surface area contributed by atoms with E-state index >= 15 is 0 Å². The SMILES string of the molecule is COCCS(=O)(=O)c1cccc(Br)c1. The molecule has 0 aliphatic carbocycles. The smallest absolute Gasteiger partial charge is 0.180 e. The molecule has 0 radical (unpaired) electrons. The lowest BCUT2D eigenvalue weighted by atomic mass is 10.4. The largest absolute Gasteiger partial charge is 0.384 e. The minimum absolute atomic E-state index is 0.0138. The minimum Gasteiger partial charge on any atom is -0.384 e. The fraction of sp³-hybridized carbons (Fsp3) is 0.333. The Kier molecular flexibility index (Phi) is 4.10. The van der Waals surface area contributed by atoms with Crippen molar-refractivity contribution in [3.63, 3.8) is 0 Å². The van der Waals surface area contributed by atoms with Gasteiger partial charge < -0.3 is 4.74 Å². The summed E-state index contributed by atoms with van der Waals surface area (Å²) in [5.41, 5.74) is 0. The zero-order chi connectivity index (χ0) is 10.6. The monoisotopic (exact) mass is 278 g/mol. The number of sulfone groups is 1. The summed E-state index contributed by atoms with van der Waals surface area (Å²) in [6.45, 7) is 0.217. The minimum atomic E-state index is -3.20. The van der Waals surface area contributed by atoms with Crippen LogP contribution in [0, 0.1) is 0 Å². The summed E-state index contributed by atoms with van der Waals surface area (Å²) >= 11 is 3.23. The van der Waals surface area contributed by atoms with Crippen molar-refractivity contribution in [2.75, 3.05) is 19.5 Å². The predicted molar refractivity (Wildman–Crippen MR) is 58.1 cm³/mol. The lowest BCUT2D eigenvalue weighted by molar-refractivity contribution is 0.217. The fourth-order valence-corrected chi connectivity index (χ4v) is 2.74. The molecule has 0 saturated heterocycles. The lowest BCUT2D eigenvalue weighted by Crippen LogP contribution is -2.11. The highest BCUT2D eigenvalue weighted by atomic mass is 79.9. The van der Waals surface area contributed by atoms with Crippen molar-refractivity contribution in [1.82, 2.24) is 0 Å². The maximum absolute atomic E-state index is 11.6. The highest BCUT2D eigenvalue weighted by Crippen LogP contribution is 2.17. The van der Waals surface area contributed by atoms with Gasteiger partial charge in [-0.15, -0.1) is 0 Å². The van der Waals surface area contributed by atoms with Gasteiger partial charge in [-0.1, -0.05) is 22.0 Å². The Hall–Kier alpha value is -0.390. The molecule has 1 aromatic rings. The number of methoxy groups -OCH3 is 1. The van der Waals surface area contributed by atoms with Crippen LogP contribution in [0.2, 0.25) is 0 Å². The average Bonchev–Trinajstić information content (AvgIpc) is 2.15. The van der Waals surface area contributed by atoms with Gasteiger partial charge in [0.15, 0.2) is 9.84 Å². The van der Waals surface area contributed by atoms with Gasteiger partial charge in [-0.2, -0.15) is 0 Å².